The van der Waals surface area contributed by atoms with Crippen LogP contribution in [-0.4, -0.2) is 45.0 Å². The first-order valence-corrected chi connectivity index (χ1v) is 9.27. The molecule has 0 aromatic rings. The standard InChI is InChI=1S/C14H25N3O2S.HI/c1-2-8-15-14(17-13-5-3-4-6-13)16-10-12-7-9-20(18,19)11-12;/h2,12-13H,1,3-11H2,(H2,15,16,17);1H. The summed E-state index contributed by atoms with van der Waals surface area (Å²) in [5.74, 6) is 1.57. The van der Waals surface area contributed by atoms with Crippen LogP contribution in [0.2, 0.25) is 0 Å². The molecule has 2 N–H and O–H groups in total. The molecule has 0 radical (unpaired) electrons. The number of rotatable bonds is 5. The van der Waals surface area contributed by atoms with Crippen molar-refractivity contribution in [2.45, 2.75) is 38.1 Å². The Kier molecular flexibility index (Phi) is 8.00. The summed E-state index contributed by atoms with van der Waals surface area (Å²) in [6.45, 7) is 4.95. The smallest absolute Gasteiger partial charge is 0.191 e. The molecule has 0 bridgehead atoms. The van der Waals surface area contributed by atoms with Gasteiger partial charge in [0.05, 0.1) is 11.5 Å². The summed E-state index contributed by atoms with van der Waals surface area (Å²) in [5, 5.41) is 6.65. The molecule has 7 heteroatoms. The van der Waals surface area contributed by atoms with Gasteiger partial charge in [0.25, 0.3) is 0 Å². The van der Waals surface area contributed by atoms with Gasteiger partial charge in [0.15, 0.2) is 15.8 Å². The first-order chi connectivity index (χ1) is 9.59. The zero-order chi connectivity index (χ0) is 14.4. The molecule has 1 heterocycles. The lowest BCUT2D eigenvalue weighted by atomic mass is 10.1. The van der Waals surface area contributed by atoms with Gasteiger partial charge in [-0.05, 0) is 25.2 Å². The fraction of sp³-hybridized carbons (Fsp3) is 0.786. The van der Waals surface area contributed by atoms with Crippen molar-refractivity contribution in [3.05, 3.63) is 12.7 Å². The SMILES string of the molecule is C=CCNC(=NCC1CCS(=O)(=O)C1)NC1CCCC1.I. The van der Waals surface area contributed by atoms with E-state index < -0.39 is 9.84 Å². The minimum Gasteiger partial charge on any atom is -0.354 e. The normalized spacial score (nSPS) is 25.3. The highest BCUT2D eigenvalue weighted by molar-refractivity contribution is 14.0. The Morgan fingerprint density at radius 2 is 2.00 bits per heavy atom. The number of nitrogens with one attached hydrogen (secondary N) is 2. The molecule has 1 unspecified atom stereocenters. The van der Waals surface area contributed by atoms with Crippen molar-refractivity contribution in [2.75, 3.05) is 24.6 Å². The van der Waals surface area contributed by atoms with Crippen molar-refractivity contribution < 1.29 is 8.42 Å². The van der Waals surface area contributed by atoms with Crippen LogP contribution < -0.4 is 10.6 Å². The maximum atomic E-state index is 11.4. The Morgan fingerprint density at radius 3 is 2.57 bits per heavy atom. The van der Waals surface area contributed by atoms with Crippen molar-refractivity contribution in [2.24, 2.45) is 10.9 Å². The summed E-state index contributed by atoms with van der Waals surface area (Å²) in [7, 11) is -2.81. The molecule has 2 fully saturated rings. The van der Waals surface area contributed by atoms with E-state index in [1.165, 1.54) is 25.7 Å². The van der Waals surface area contributed by atoms with E-state index in [2.05, 4.69) is 22.2 Å². The number of hydrogen-bond acceptors (Lipinski definition) is 3. The lowest BCUT2D eigenvalue weighted by Crippen LogP contribution is -2.42. The van der Waals surface area contributed by atoms with Crippen molar-refractivity contribution in [1.82, 2.24) is 10.6 Å². The monoisotopic (exact) mass is 427 g/mol. The van der Waals surface area contributed by atoms with E-state index in [1.54, 1.807) is 6.08 Å². The first-order valence-electron chi connectivity index (χ1n) is 7.45. The molecule has 21 heavy (non-hydrogen) atoms. The highest BCUT2D eigenvalue weighted by Crippen LogP contribution is 2.19. The second-order valence-electron chi connectivity index (χ2n) is 5.75. The zero-order valence-corrected chi connectivity index (χ0v) is 15.5. The Hall–Kier alpha value is -0.310. The first kappa shape index (κ1) is 18.7. The Balaban J connectivity index is 0.00000220. The van der Waals surface area contributed by atoms with Crippen LogP contribution in [0.3, 0.4) is 0 Å². The molecule has 1 saturated carbocycles. The molecule has 1 atom stereocenters. The molecule has 0 spiro atoms. The van der Waals surface area contributed by atoms with Crippen molar-refractivity contribution in [3.8, 4) is 0 Å². The summed E-state index contributed by atoms with van der Waals surface area (Å²) in [5.41, 5.74) is 0. The molecule has 1 saturated heterocycles. The molecule has 2 aliphatic rings. The van der Waals surface area contributed by atoms with Crippen LogP contribution in [0.25, 0.3) is 0 Å². The molecule has 1 aliphatic heterocycles. The van der Waals surface area contributed by atoms with Crippen molar-refractivity contribution >= 4 is 39.8 Å². The highest BCUT2D eigenvalue weighted by atomic mass is 127. The summed E-state index contributed by atoms with van der Waals surface area (Å²) in [6, 6.07) is 0.498. The second kappa shape index (κ2) is 8.97. The number of nitrogens with zero attached hydrogens (tertiary/aromatic N) is 1. The van der Waals surface area contributed by atoms with Gasteiger partial charge in [-0.1, -0.05) is 18.9 Å². The van der Waals surface area contributed by atoms with E-state index in [1.807, 2.05) is 0 Å². The molecule has 0 aromatic carbocycles. The van der Waals surface area contributed by atoms with Gasteiger partial charge in [0.2, 0.25) is 0 Å². The molecule has 2 rings (SSSR count). The predicted molar refractivity (Wildman–Crippen MR) is 98.1 cm³/mol. The van der Waals surface area contributed by atoms with Crippen LogP contribution in [0.5, 0.6) is 0 Å². The van der Waals surface area contributed by atoms with E-state index in [0.29, 0.717) is 24.9 Å². The average Bonchev–Trinajstić information content (AvgIpc) is 3.02. The summed E-state index contributed by atoms with van der Waals surface area (Å²) in [4.78, 5) is 4.55. The topological polar surface area (TPSA) is 70.6 Å². The van der Waals surface area contributed by atoms with Crippen LogP contribution in [-0.2, 0) is 9.84 Å². The minimum absolute atomic E-state index is 0. The van der Waals surface area contributed by atoms with Gasteiger partial charge in [-0.3, -0.25) is 4.99 Å². The van der Waals surface area contributed by atoms with Crippen LogP contribution in [0.15, 0.2) is 17.6 Å². The number of hydrogen-bond donors (Lipinski definition) is 2. The minimum atomic E-state index is -2.81. The molecule has 5 nitrogen and oxygen atoms in total. The molecular weight excluding hydrogens is 401 g/mol. The average molecular weight is 427 g/mol. The lowest BCUT2D eigenvalue weighted by Gasteiger charge is -2.17. The van der Waals surface area contributed by atoms with Gasteiger partial charge in [-0.15, -0.1) is 30.6 Å². The third-order valence-corrected chi connectivity index (χ3v) is 5.78. The van der Waals surface area contributed by atoms with Gasteiger partial charge >= 0.3 is 0 Å². The van der Waals surface area contributed by atoms with Crippen LogP contribution in [0.4, 0.5) is 0 Å². The molecular formula is C14H26IN3O2S. The van der Waals surface area contributed by atoms with E-state index in [-0.39, 0.29) is 35.6 Å². The quantitative estimate of drug-likeness (QED) is 0.303. The van der Waals surface area contributed by atoms with Crippen LogP contribution >= 0.6 is 24.0 Å². The Labute approximate surface area is 145 Å². The number of sulfone groups is 1. The molecule has 122 valence electrons. The number of aliphatic imine (C=N–C) groups is 1. The molecule has 1 aliphatic carbocycles. The van der Waals surface area contributed by atoms with E-state index in [0.717, 1.165) is 12.4 Å². The van der Waals surface area contributed by atoms with Gasteiger partial charge in [-0.2, -0.15) is 0 Å². The van der Waals surface area contributed by atoms with E-state index in [4.69, 9.17) is 0 Å². The summed E-state index contributed by atoms with van der Waals surface area (Å²) >= 11 is 0. The maximum absolute atomic E-state index is 11.4. The third kappa shape index (κ3) is 6.54. The van der Waals surface area contributed by atoms with Crippen molar-refractivity contribution in [1.29, 1.82) is 0 Å². The lowest BCUT2D eigenvalue weighted by molar-refractivity contribution is 0.582. The van der Waals surface area contributed by atoms with Gasteiger partial charge in [0, 0.05) is 19.1 Å². The Morgan fingerprint density at radius 1 is 1.29 bits per heavy atom. The predicted octanol–water partition coefficient (Wildman–Crippen LogP) is 1.70. The summed E-state index contributed by atoms with van der Waals surface area (Å²) in [6.07, 6.45) is 7.45. The van der Waals surface area contributed by atoms with Crippen molar-refractivity contribution in [3.63, 3.8) is 0 Å². The molecule has 0 amide bonds. The fourth-order valence-electron chi connectivity index (χ4n) is 2.82. The largest absolute Gasteiger partial charge is 0.354 e. The Bertz CT molecular complexity index is 459. The van der Waals surface area contributed by atoms with Gasteiger partial charge in [0.1, 0.15) is 0 Å². The maximum Gasteiger partial charge on any atom is 0.191 e. The number of halogens is 1. The summed E-state index contributed by atoms with van der Waals surface area (Å²) < 4.78 is 22.9. The van der Waals surface area contributed by atoms with E-state index in [9.17, 15) is 8.42 Å². The van der Waals surface area contributed by atoms with Crippen LogP contribution in [0, 0.1) is 5.92 Å². The second-order valence-corrected chi connectivity index (χ2v) is 7.98. The zero-order valence-electron chi connectivity index (χ0n) is 12.4. The highest BCUT2D eigenvalue weighted by Gasteiger charge is 2.27. The third-order valence-electron chi connectivity index (χ3n) is 3.94. The number of guanidine groups is 1. The van der Waals surface area contributed by atoms with Crippen LogP contribution in [0.1, 0.15) is 32.1 Å². The molecule has 0 aromatic heterocycles. The fourth-order valence-corrected chi connectivity index (χ4v) is 4.67. The van der Waals surface area contributed by atoms with Gasteiger partial charge in [-0.25, -0.2) is 8.42 Å². The van der Waals surface area contributed by atoms with E-state index >= 15 is 0 Å². The van der Waals surface area contributed by atoms with Gasteiger partial charge < -0.3 is 10.6 Å².